The summed E-state index contributed by atoms with van der Waals surface area (Å²) < 4.78 is 12.2. The Hall–Kier alpha value is -6.47. The van der Waals surface area contributed by atoms with Gasteiger partial charge in [-0.2, -0.15) is 0 Å². The molecule has 2 amide bonds. The van der Waals surface area contributed by atoms with E-state index < -0.39 is 18.2 Å². The molecule has 3 aliphatic heterocycles. The summed E-state index contributed by atoms with van der Waals surface area (Å²) >= 11 is 0. The third-order valence-corrected chi connectivity index (χ3v) is 11.5. The van der Waals surface area contributed by atoms with Gasteiger partial charge < -0.3 is 40.6 Å². The Bertz CT molecular complexity index is 2470. The number of aromatic nitrogens is 1. The first-order valence-electron chi connectivity index (χ1n) is 20.4. The maximum atomic E-state index is 13.2. The molecule has 3 aliphatic rings. The second-order valence-electron chi connectivity index (χ2n) is 15.6. The van der Waals surface area contributed by atoms with E-state index in [1.807, 2.05) is 91.0 Å². The average Bonchev–Trinajstić information content (AvgIpc) is 3.28. The lowest BCUT2D eigenvalue weighted by molar-refractivity contribution is -0.0336. The number of pyridine rings is 1. The number of nitrogens with zero attached hydrogens (tertiary/aromatic N) is 1. The number of alkyl carbamates (subject to hydrolysis) is 1. The van der Waals surface area contributed by atoms with Gasteiger partial charge in [0, 0.05) is 43.2 Å². The molecular formula is C48H49N5O7. The first-order valence-corrected chi connectivity index (χ1v) is 20.4. The Morgan fingerprint density at radius 2 is 1.52 bits per heavy atom. The SMILES string of the molecule is O=C(N[C@@H](c1ccccc1)c1cccc(OCc2ccc(C(=O)NCc3ccc(CNC[C@H](O)c4ccc(O)c5[nH]c(=O)ccc45)cc3)cc2)c1)O[C@H]1CN2CCC1CC2. The Balaban J connectivity index is 0.800. The van der Waals surface area contributed by atoms with Crippen LogP contribution in [0.5, 0.6) is 11.5 Å². The molecule has 60 heavy (non-hydrogen) atoms. The van der Waals surface area contributed by atoms with E-state index in [1.165, 1.54) is 12.1 Å². The van der Waals surface area contributed by atoms with Gasteiger partial charge in [0.15, 0.2) is 0 Å². The molecule has 6 N–H and O–H groups in total. The van der Waals surface area contributed by atoms with Crippen molar-refractivity contribution in [2.75, 3.05) is 26.2 Å². The van der Waals surface area contributed by atoms with Crippen LogP contribution in [-0.4, -0.2) is 64.4 Å². The molecule has 2 bridgehead atoms. The highest BCUT2D eigenvalue weighted by atomic mass is 16.6. The number of carbonyl (C=O) groups is 2. The van der Waals surface area contributed by atoms with E-state index in [1.54, 1.807) is 24.3 Å². The Labute approximate surface area is 348 Å². The number of aliphatic hydroxyl groups excluding tert-OH is 1. The highest BCUT2D eigenvalue weighted by Crippen LogP contribution is 2.31. The summed E-state index contributed by atoms with van der Waals surface area (Å²) in [6, 6.07) is 38.4. The number of piperidine rings is 3. The van der Waals surface area contributed by atoms with Gasteiger partial charge in [-0.25, -0.2) is 4.79 Å². The van der Waals surface area contributed by atoms with Crippen molar-refractivity contribution in [2.24, 2.45) is 5.92 Å². The van der Waals surface area contributed by atoms with E-state index >= 15 is 0 Å². The van der Waals surface area contributed by atoms with E-state index in [0.717, 1.165) is 60.3 Å². The highest BCUT2D eigenvalue weighted by molar-refractivity contribution is 5.94. The summed E-state index contributed by atoms with van der Waals surface area (Å²) in [4.78, 5) is 42.9. The molecule has 0 aliphatic carbocycles. The fourth-order valence-corrected chi connectivity index (χ4v) is 8.11. The molecule has 0 spiro atoms. The van der Waals surface area contributed by atoms with Crippen molar-refractivity contribution >= 4 is 22.9 Å². The quantitative estimate of drug-likeness (QED) is 0.0682. The van der Waals surface area contributed by atoms with E-state index in [0.29, 0.717) is 53.4 Å². The normalized spacial score (nSPS) is 18.1. The molecule has 6 aromatic rings. The van der Waals surface area contributed by atoms with Crippen molar-refractivity contribution in [2.45, 2.75) is 50.8 Å². The largest absolute Gasteiger partial charge is 0.506 e. The van der Waals surface area contributed by atoms with Crippen molar-refractivity contribution in [1.29, 1.82) is 0 Å². The number of nitrogens with one attached hydrogen (secondary N) is 4. The minimum absolute atomic E-state index is 0.0514. The number of amides is 2. The summed E-state index contributed by atoms with van der Waals surface area (Å²) in [6.07, 6.45) is 0.774. The zero-order valence-electron chi connectivity index (χ0n) is 33.2. The zero-order valence-corrected chi connectivity index (χ0v) is 33.2. The number of hydrogen-bond donors (Lipinski definition) is 6. The van der Waals surface area contributed by atoms with Crippen molar-refractivity contribution in [3.8, 4) is 11.5 Å². The molecule has 3 fully saturated rings. The smallest absolute Gasteiger partial charge is 0.408 e. The van der Waals surface area contributed by atoms with E-state index in [4.69, 9.17) is 9.47 Å². The summed E-state index contributed by atoms with van der Waals surface area (Å²) in [7, 11) is 0. The van der Waals surface area contributed by atoms with Crippen LogP contribution in [0.4, 0.5) is 4.79 Å². The van der Waals surface area contributed by atoms with Crippen LogP contribution < -0.4 is 26.2 Å². The number of H-pyrrole nitrogens is 1. The molecule has 0 radical (unpaired) electrons. The van der Waals surface area contributed by atoms with Crippen molar-refractivity contribution in [3.63, 3.8) is 0 Å². The molecule has 1 aromatic heterocycles. The fourth-order valence-electron chi connectivity index (χ4n) is 8.11. The van der Waals surface area contributed by atoms with Gasteiger partial charge >= 0.3 is 6.09 Å². The predicted molar refractivity (Wildman–Crippen MR) is 229 cm³/mol. The number of aromatic hydroxyl groups is 1. The minimum Gasteiger partial charge on any atom is -0.506 e. The number of carbonyl (C=O) groups excluding carboxylic acids is 2. The number of rotatable bonds is 15. The maximum Gasteiger partial charge on any atom is 0.408 e. The van der Waals surface area contributed by atoms with Crippen LogP contribution in [0.3, 0.4) is 0 Å². The van der Waals surface area contributed by atoms with Crippen molar-refractivity contribution < 1.29 is 29.3 Å². The van der Waals surface area contributed by atoms with E-state index in [-0.39, 0.29) is 29.9 Å². The van der Waals surface area contributed by atoms with Crippen LogP contribution in [0.15, 0.2) is 132 Å². The topological polar surface area (TPSA) is 165 Å². The van der Waals surface area contributed by atoms with Crippen molar-refractivity contribution in [1.82, 2.24) is 25.8 Å². The van der Waals surface area contributed by atoms with Crippen LogP contribution in [0.1, 0.15) is 68.7 Å². The third kappa shape index (κ3) is 9.86. The van der Waals surface area contributed by atoms with Gasteiger partial charge in [0.05, 0.1) is 17.7 Å². The van der Waals surface area contributed by atoms with Gasteiger partial charge in [-0.1, -0.05) is 84.9 Å². The maximum absolute atomic E-state index is 13.2. The van der Waals surface area contributed by atoms with Crippen molar-refractivity contribution in [3.05, 3.63) is 177 Å². The zero-order chi connectivity index (χ0) is 41.4. The second kappa shape index (κ2) is 18.6. The number of hydrogen-bond acceptors (Lipinski definition) is 9. The van der Waals surface area contributed by atoms with Gasteiger partial charge in [-0.15, -0.1) is 0 Å². The second-order valence-corrected chi connectivity index (χ2v) is 15.6. The number of ether oxygens (including phenoxy) is 2. The van der Waals surface area contributed by atoms with Gasteiger partial charge in [0.2, 0.25) is 5.56 Å². The summed E-state index contributed by atoms with van der Waals surface area (Å²) in [5.41, 5.74) is 5.78. The molecule has 3 atom stereocenters. The standard InChI is InChI=1S/C48H49N5O7/c54-41-19-17-39(40-18-20-44(56)51-46(40)41)42(55)28-49-26-31-9-11-32(12-10-31)27-50-47(57)36-15-13-33(14-16-36)30-59-38-8-4-7-37(25-38)45(35-5-2-1-3-6-35)52-48(58)60-43-29-53-23-21-34(43)22-24-53/h1-20,25,34,42-43,45,49,54-55H,21-24,26-30H2,(H,50,57)(H,51,56)(H,52,58)/t42-,43-,45-/m0/s1. The average molecular weight is 808 g/mol. The van der Waals surface area contributed by atoms with Crippen LogP contribution in [0.2, 0.25) is 0 Å². The number of phenolic OH excluding ortho intramolecular Hbond substituents is 1. The molecule has 9 rings (SSSR count). The van der Waals surface area contributed by atoms with Crippen LogP contribution >= 0.6 is 0 Å². The van der Waals surface area contributed by atoms with Gasteiger partial charge in [-0.3, -0.25) is 14.5 Å². The first-order chi connectivity index (χ1) is 29.3. The summed E-state index contributed by atoms with van der Waals surface area (Å²) in [5.74, 6) is 0.837. The molecule has 3 saturated heterocycles. The van der Waals surface area contributed by atoms with E-state index in [9.17, 15) is 24.6 Å². The lowest BCUT2D eigenvalue weighted by Gasteiger charge is -2.43. The number of benzene rings is 5. The predicted octanol–water partition coefficient (Wildman–Crippen LogP) is 6.48. The minimum atomic E-state index is -0.854. The highest BCUT2D eigenvalue weighted by Gasteiger charge is 2.37. The van der Waals surface area contributed by atoms with Crippen LogP contribution in [0, 0.1) is 5.92 Å². The molecule has 12 heteroatoms. The molecule has 0 saturated carbocycles. The van der Waals surface area contributed by atoms with Crippen LogP contribution in [0.25, 0.3) is 10.9 Å². The third-order valence-electron chi connectivity index (χ3n) is 11.5. The fraction of sp³-hybridized carbons (Fsp3) is 0.271. The van der Waals surface area contributed by atoms with Gasteiger partial charge in [-0.05, 0) is 102 Å². The van der Waals surface area contributed by atoms with Gasteiger partial charge in [0.1, 0.15) is 24.2 Å². The molecule has 5 aromatic carbocycles. The summed E-state index contributed by atoms with van der Waals surface area (Å²) in [5, 5.41) is 30.9. The number of fused-ring (bicyclic) bond motifs is 4. The molecule has 0 unspecified atom stereocenters. The molecule has 12 nitrogen and oxygen atoms in total. The number of phenols is 1. The Morgan fingerprint density at radius 1 is 0.800 bits per heavy atom. The molecule has 4 heterocycles. The lowest BCUT2D eigenvalue weighted by atomic mass is 9.86. The molecular weight excluding hydrogens is 759 g/mol. The Morgan fingerprint density at radius 3 is 2.25 bits per heavy atom. The molecule has 308 valence electrons. The first kappa shape index (κ1) is 40.3. The number of aromatic amines is 1. The Kier molecular flexibility index (Phi) is 12.5. The lowest BCUT2D eigenvalue weighted by Crippen LogP contribution is -2.52. The number of aliphatic hydroxyl groups is 1. The monoisotopic (exact) mass is 807 g/mol. The van der Waals surface area contributed by atoms with E-state index in [2.05, 4.69) is 25.8 Å². The van der Waals surface area contributed by atoms with Gasteiger partial charge in [0.25, 0.3) is 5.91 Å². The van der Waals surface area contributed by atoms with Crippen LogP contribution in [-0.2, 0) is 24.4 Å². The summed E-state index contributed by atoms with van der Waals surface area (Å²) in [6.45, 7) is 4.39.